The Kier molecular flexibility index (Phi) is 6.84. The molecule has 0 aliphatic heterocycles. The summed E-state index contributed by atoms with van der Waals surface area (Å²) in [5, 5.41) is 8.29. The Hall–Kier alpha value is -3.35. The minimum Gasteiger partial charge on any atom is -0.483 e. The number of carbonyl (C=O) groups is 3. The zero-order valence-electron chi connectivity index (χ0n) is 16.4. The summed E-state index contributed by atoms with van der Waals surface area (Å²) in [6.07, 6.45) is 1.91. The molecule has 0 bridgehead atoms. The summed E-state index contributed by atoms with van der Waals surface area (Å²) in [6.45, 7) is 2.60. The first-order valence-electron chi connectivity index (χ1n) is 9.67. The summed E-state index contributed by atoms with van der Waals surface area (Å²) in [5.74, 6) is 0.382. The Balaban J connectivity index is 1.39. The van der Waals surface area contributed by atoms with Gasteiger partial charge in [-0.2, -0.15) is 0 Å². The minimum atomic E-state index is -0.281. The lowest BCUT2D eigenvalue weighted by Gasteiger charge is -2.10. The second kappa shape index (κ2) is 9.73. The van der Waals surface area contributed by atoms with E-state index in [4.69, 9.17) is 4.74 Å². The molecule has 1 aliphatic rings. The zero-order chi connectivity index (χ0) is 20.6. The normalized spacial score (nSPS) is 12.7. The summed E-state index contributed by atoms with van der Waals surface area (Å²) >= 11 is 0. The molecule has 1 saturated carbocycles. The highest BCUT2D eigenvalue weighted by molar-refractivity contribution is 5.96. The maximum Gasteiger partial charge on any atom is 0.262 e. The number of aryl methyl sites for hydroxylation is 1. The number of amides is 3. The standard InChI is InChI=1S/C22H25N3O4/c1-15-4-2-3-5-19(15)29-14-20(26)25-18-10-8-17(9-11-18)22(28)24-13-12-23-21(27)16-6-7-16/h2-5,8-11,16H,6-7,12-14H2,1H3,(H,23,27)(H,24,28)(H,25,26). The summed E-state index contributed by atoms with van der Waals surface area (Å²) in [6, 6.07) is 14.1. The molecule has 7 heteroatoms. The number of ether oxygens (including phenoxy) is 1. The largest absolute Gasteiger partial charge is 0.483 e. The lowest BCUT2D eigenvalue weighted by Crippen LogP contribution is -2.35. The molecular formula is C22H25N3O4. The molecule has 7 nitrogen and oxygen atoms in total. The minimum absolute atomic E-state index is 0.0609. The van der Waals surface area contributed by atoms with Crippen molar-refractivity contribution < 1.29 is 19.1 Å². The van der Waals surface area contributed by atoms with Crippen molar-refractivity contribution >= 4 is 23.4 Å². The van der Waals surface area contributed by atoms with Gasteiger partial charge in [0.2, 0.25) is 5.91 Å². The SMILES string of the molecule is Cc1ccccc1OCC(=O)Nc1ccc(C(=O)NCCNC(=O)C2CC2)cc1. The molecule has 0 spiro atoms. The second-order valence-electron chi connectivity index (χ2n) is 7.00. The highest BCUT2D eigenvalue weighted by Gasteiger charge is 2.28. The molecule has 0 aromatic heterocycles. The van der Waals surface area contributed by atoms with Gasteiger partial charge in [-0.3, -0.25) is 14.4 Å². The number of anilines is 1. The second-order valence-corrected chi connectivity index (χ2v) is 7.00. The first-order chi connectivity index (χ1) is 14.0. The molecule has 3 N–H and O–H groups in total. The van der Waals surface area contributed by atoms with Crippen LogP contribution in [0.3, 0.4) is 0 Å². The van der Waals surface area contributed by atoms with Crippen LogP contribution in [0.2, 0.25) is 0 Å². The molecule has 29 heavy (non-hydrogen) atoms. The molecule has 0 saturated heterocycles. The monoisotopic (exact) mass is 395 g/mol. The fourth-order valence-electron chi connectivity index (χ4n) is 2.72. The molecule has 0 radical (unpaired) electrons. The Bertz CT molecular complexity index is 876. The van der Waals surface area contributed by atoms with Gasteiger partial charge in [0.15, 0.2) is 6.61 Å². The van der Waals surface area contributed by atoms with Crippen LogP contribution in [0.5, 0.6) is 5.75 Å². The van der Waals surface area contributed by atoms with Crippen molar-refractivity contribution in [3.63, 3.8) is 0 Å². The van der Waals surface area contributed by atoms with Gasteiger partial charge in [-0.05, 0) is 55.7 Å². The Morgan fingerprint density at radius 3 is 2.34 bits per heavy atom. The van der Waals surface area contributed by atoms with Crippen LogP contribution in [0.1, 0.15) is 28.8 Å². The molecule has 0 atom stereocenters. The van der Waals surface area contributed by atoms with E-state index in [0.29, 0.717) is 30.1 Å². The molecule has 0 unspecified atom stereocenters. The van der Waals surface area contributed by atoms with Crippen LogP contribution in [0.4, 0.5) is 5.69 Å². The van der Waals surface area contributed by atoms with Crippen molar-refractivity contribution in [1.82, 2.24) is 10.6 Å². The third kappa shape index (κ3) is 6.34. The molecule has 1 aliphatic carbocycles. The Morgan fingerprint density at radius 2 is 1.66 bits per heavy atom. The van der Waals surface area contributed by atoms with Crippen LogP contribution in [-0.2, 0) is 9.59 Å². The molecule has 2 aromatic carbocycles. The van der Waals surface area contributed by atoms with Crippen molar-refractivity contribution in [3.8, 4) is 5.75 Å². The van der Waals surface area contributed by atoms with Gasteiger partial charge >= 0.3 is 0 Å². The predicted octanol–water partition coefficient (Wildman–Crippen LogP) is 2.27. The average Bonchev–Trinajstić information content (AvgIpc) is 3.56. The van der Waals surface area contributed by atoms with E-state index >= 15 is 0 Å². The fourth-order valence-corrected chi connectivity index (χ4v) is 2.72. The number of hydrogen-bond donors (Lipinski definition) is 3. The van der Waals surface area contributed by atoms with E-state index in [1.807, 2.05) is 31.2 Å². The number of benzene rings is 2. The highest BCUT2D eigenvalue weighted by Crippen LogP contribution is 2.28. The highest BCUT2D eigenvalue weighted by atomic mass is 16.5. The van der Waals surface area contributed by atoms with Crippen LogP contribution >= 0.6 is 0 Å². The average molecular weight is 395 g/mol. The van der Waals surface area contributed by atoms with Gasteiger partial charge in [-0.25, -0.2) is 0 Å². The van der Waals surface area contributed by atoms with E-state index in [-0.39, 0.29) is 30.2 Å². The smallest absolute Gasteiger partial charge is 0.262 e. The Labute approximate surface area is 169 Å². The van der Waals surface area contributed by atoms with E-state index in [9.17, 15) is 14.4 Å². The van der Waals surface area contributed by atoms with Crippen LogP contribution in [0, 0.1) is 12.8 Å². The number of rotatable bonds is 9. The number of nitrogens with one attached hydrogen (secondary N) is 3. The third-order valence-electron chi connectivity index (χ3n) is 4.54. The van der Waals surface area contributed by atoms with Crippen LogP contribution in [0.25, 0.3) is 0 Å². The van der Waals surface area contributed by atoms with E-state index < -0.39 is 0 Å². The van der Waals surface area contributed by atoms with Crippen molar-refractivity contribution in [1.29, 1.82) is 0 Å². The zero-order valence-corrected chi connectivity index (χ0v) is 16.4. The number of hydrogen-bond acceptors (Lipinski definition) is 4. The van der Waals surface area contributed by atoms with Crippen molar-refractivity contribution in [2.45, 2.75) is 19.8 Å². The van der Waals surface area contributed by atoms with E-state index in [0.717, 1.165) is 18.4 Å². The van der Waals surface area contributed by atoms with Gasteiger partial charge in [0.25, 0.3) is 11.8 Å². The molecule has 3 amide bonds. The molecule has 3 rings (SSSR count). The lowest BCUT2D eigenvalue weighted by molar-refractivity contribution is -0.122. The summed E-state index contributed by atoms with van der Waals surface area (Å²) < 4.78 is 5.52. The van der Waals surface area contributed by atoms with Crippen molar-refractivity contribution in [2.75, 3.05) is 25.0 Å². The lowest BCUT2D eigenvalue weighted by atomic mass is 10.2. The van der Waals surface area contributed by atoms with Crippen LogP contribution in [-0.4, -0.2) is 37.4 Å². The maximum absolute atomic E-state index is 12.1. The quantitative estimate of drug-likeness (QED) is 0.568. The first kappa shape index (κ1) is 20.4. The van der Waals surface area contributed by atoms with E-state index in [2.05, 4.69) is 16.0 Å². The van der Waals surface area contributed by atoms with E-state index in [1.54, 1.807) is 24.3 Å². The maximum atomic E-state index is 12.1. The molecule has 1 fully saturated rings. The third-order valence-corrected chi connectivity index (χ3v) is 4.54. The van der Waals surface area contributed by atoms with Crippen molar-refractivity contribution in [3.05, 3.63) is 59.7 Å². The summed E-state index contributed by atoms with van der Waals surface area (Å²) in [4.78, 5) is 35.7. The van der Waals surface area contributed by atoms with Crippen molar-refractivity contribution in [2.24, 2.45) is 5.92 Å². The van der Waals surface area contributed by atoms with E-state index in [1.165, 1.54) is 0 Å². The van der Waals surface area contributed by atoms with Crippen LogP contribution in [0.15, 0.2) is 48.5 Å². The van der Waals surface area contributed by atoms with Gasteiger partial charge in [0.1, 0.15) is 5.75 Å². The molecule has 0 heterocycles. The topological polar surface area (TPSA) is 96.5 Å². The summed E-state index contributed by atoms with van der Waals surface area (Å²) in [7, 11) is 0. The van der Waals surface area contributed by atoms with Gasteiger partial charge in [0.05, 0.1) is 0 Å². The molecular weight excluding hydrogens is 370 g/mol. The molecule has 152 valence electrons. The number of carbonyl (C=O) groups excluding carboxylic acids is 3. The summed E-state index contributed by atoms with van der Waals surface area (Å²) in [5.41, 5.74) is 2.02. The van der Waals surface area contributed by atoms with Gasteiger partial charge in [-0.1, -0.05) is 18.2 Å². The fraction of sp³-hybridized carbons (Fsp3) is 0.318. The Morgan fingerprint density at radius 1 is 0.966 bits per heavy atom. The predicted molar refractivity (Wildman–Crippen MR) is 110 cm³/mol. The van der Waals surface area contributed by atoms with Gasteiger partial charge in [-0.15, -0.1) is 0 Å². The molecule has 2 aromatic rings. The van der Waals surface area contributed by atoms with Crippen LogP contribution < -0.4 is 20.7 Å². The first-order valence-corrected chi connectivity index (χ1v) is 9.67. The number of para-hydroxylation sites is 1. The van der Waals surface area contributed by atoms with Gasteiger partial charge in [0, 0.05) is 30.3 Å². The van der Waals surface area contributed by atoms with Gasteiger partial charge < -0.3 is 20.7 Å².